The number of thiophene rings is 1. The molecule has 2 saturated heterocycles. The molecule has 1 aromatic rings. The summed E-state index contributed by atoms with van der Waals surface area (Å²) in [5.74, 6) is 0.204. The molecule has 2 aliphatic heterocycles. The molecule has 3 rings (SSSR count). The lowest BCUT2D eigenvalue weighted by molar-refractivity contribution is -0.129. The van der Waals surface area contributed by atoms with Gasteiger partial charge in [0, 0.05) is 43.0 Å². The van der Waals surface area contributed by atoms with Gasteiger partial charge < -0.3 is 10.0 Å². The number of nitrogens with zero attached hydrogens (tertiary/aromatic N) is 2. The van der Waals surface area contributed by atoms with Crippen LogP contribution in [0.5, 0.6) is 0 Å². The molecule has 1 aromatic heterocycles. The Kier molecular flexibility index (Phi) is 3.37. The van der Waals surface area contributed by atoms with Crippen LogP contribution in [0.25, 0.3) is 0 Å². The van der Waals surface area contributed by atoms with Gasteiger partial charge >= 0.3 is 0 Å². The van der Waals surface area contributed by atoms with Crippen LogP contribution in [-0.4, -0.2) is 52.6 Å². The molecule has 1 N–H and O–H groups in total. The highest BCUT2D eigenvalue weighted by molar-refractivity contribution is 7.09. The highest BCUT2D eigenvalue weighted by Crippen LogP contribution is 2.33. The van der Waals surface area contributed by atoms with Crippen LogP contribution < -0.4 is 0 Å². The van der Waals surface area contributed by atoms with Crippen molar-refractivity contribution >= 4 is 17.2 Å². The Hall–Kier alpha value is -0.910. The molecule has 98 valence electrons. The molecule has 2 fully saturated rings. The molecular formula is C13H18N2O2S. The number of rotatable bonds is 4. The minimum absolute atomic E-state index is 0.0693. The number of β-amino-alcohol motifs (C(OH)–C–C–N with tert-alkyl or cyclic N) is 1. The summed E-state index contributed by atoms with van der Waals surface area (Å²) in [5, 5.41) is 11.1. The standard InChI is InChI=1S/C13H18N2O2S/c16-6-5-15-11-3-4-14(12(11)8-13(15)17)9-10-2-1-7-18-10/h1-2,7,11-12,16H,3-6,8-9H2/t11-,12-/m0/s1. The van der Waals surface area contributed by atoms with Crippen molar-refractivity contribution in [2.24, 2.45) is 0 Å². The second-order valence-electron chi connectivity index (χ2n) is 4.99. The average Bonchev–Trinajstić information content (AvgIpc) is 3.03. The van der Waals surface area contributed by atoms with E-state index in [1.54, 1.807) is 11.3 Å². The van der Waals surface area contributed by atoms with E-state index in [0.29, 0.717) is 25.0 Å². The molecule has 18 heavy (non-hydrogen) atoms. The van der Waals surface area contributed by atoms with Crippen LogP contribution in [0.1, 0.15) is 17.7 Å². The van der Waals surface area contributed by atoms with Gasteiger partial charge in [-0.3, -0.25) is 9.69 Å². The van der Waals surface area contributed by atoms with Gasteiger partial charge in [-0.25, -0.2) is 0 Å². The Labute approximate surface area is 111 Å². The first-order valence-corrected chi connectivity index (χ1v) is 7.34. The maximum Gasteiger partial charge on any atom is 0.224 e. The van der Waals surface area contributed by atoms with Crippen molar-refractivity contribution in [1.29, 1.82) is 0 Å². The molecule has 0 spiro atoms. The van der Waals surface area contributed by atoms with E-state index < -0.39 is 0 Å². The van der Waals surface area contributed by atoms with Crippen LogP contribution in [0, 0.1) is 0 Å². The van der Waals surface area contributed by atoms with Crippen LogP contribution in [0.15, 0.2) is 17.5 Å². The van der Waals surface area contributed by atoms with Crippen molar-refractivity contribution in [3.8, 4) is 0 Å². The van der Waals surface area contributed by atoms with E-state index in [2.05, 4.69) is 22.4 Å². The van der Waals surface area contributed by atoms with Gasteiger partial charge in [-0.05, 0) is 17.9 Å². The first kappa shape index (κ1) is 12.1. The van der Waals surface area contributed by atoms with Crippen LogP contribution in [0.2, 0.25) is 0 Å². The summed E-state index contributed by atoms with van der Waals surface area (Å²) in [6.07, 6.45) is 1.66. The lowest BCUT2D eigenvalue weighted by Gasteiger charge is -2.24. The minimum atomic E-state index is 0.0693. The summed E-state index contributed by atoms with van der Waals surface area (Å²) in [6, 6.07) is 4.90. The number of carbonyl (C=O) groups excluding carboxylic acids is 1. The topological polar surface area (TPSA) is 43.8 Å². The molecular weight excluding hydrogens is 248 g/mol. The molecule has 3 heterocycles. The third-order valence-electron chi connectivity index (χ3n) is 4.01. The van der Waals surface area contributed by atoms with Crippen molar-refractivity contribution in [1.82, 2.24) is 9.80 Å². The summed E-state index contributed by atoms with van der Waals surface area (Å²) < 4.78 is 0. The summed E-state index contributed by atoms with van der Waals surface area (Å²) in [5.41, 5.74) is 0. The number of fused-ring (bicyclic) bond motifs is 1. The second-order valence-corrected chi connectivity index (χ2v) is 6.02. The van der Waals surface area contributed by atoms with Crippen molar-refractivity contribution < 1.29 is 9.90 Å². The highest BCUT2D eigenvalue weighted by Gasteiger charge is 2.46. The van der Waals surface area contributed by atoms with Crippen LogP contribution >= 0.6 is 11.3 Å². The van der Waals surface area contributed by atoms with E-state index in [0.717, 1.165) is 19.5 Å². The van der Waals surface area contributed by atoms with Crippen molar-refractivity contribution in [2.75, 3.05) is 19.7 Å². The normalized spacial score (nSPS) is 28.1. The van der Waals surface area contributed by atoms with E-state index in [4.69, 9.17) is 5.11 Å². The maximum absolute atomic E-state index is 11.9. The third kappa shape index (κ3) is 2.06. The minimum Gasteiger partial charge on any atom is -0.395 e. The smallest absolute Gasteiger partial charge is 0.224 e. The molecule has 2 atom stereocenters. The number of hydrogen-bond donors (Lipinski definition) is 1. The first-order chi connectivity index (χ1) is 8.79. The van der Waals surface area contributed by atoms with Crippen molar-refractivity contribution in [3.63, 3.8) is 0 Å². The average molecular weight is 266 g/mol. The van der Waals surface area contributed by atoms with Crippen LogP contribution in [-0.2, 0) is 11.3 Å². The van der Waals surface area contributed by atoms with Gasteiger partial charge in [0.25, 0.3) is 0 Å². The molecule has 0 bridgehead atoms. The van der Waals surface area contributed by atoms with Gasteiger partial charge in [-0.1, -0.05) is 6.07 Å². The molecule has 0 aromatic carbocycles. The highest BCUT2D eigenvalue weighted by atomic mass is 32.1. The molecule has 0 unspecified atom stereocenters. The Morgan fingerprint density at radius 2 is 2.33 bits per heavy atom. The maximum atomic E-state index is 11.9. The second kappa shape index (κ2) is 4.99. The van der Waals surface area contributed by atoms with Crippen LogP contribution in [0.4, 0.5) is 0 Å². The lowest BCUT2D eigenvalue weighted by atomic mass is 10.1. The van der Waals surface area contributed by atoms with E-state index in [1.807, 2.05) is 4.90 Å². The fraction of sp³-hybridized carbons (Fsp3) is 0.615. The van der Waals surface area contributed by atoms with Gasteiger partial charge in [0.05, 0.1) is 6.61 Å². The summed E-state index contributed by atoms with van der Waals surface area (Å²) in [7, 11) is 0. The Morgan fingerprint density at radius 3 is 3.06 bits per heavy atom. The van der Waals surface area contributed by atoms with E-state index in [9.17, 15) is 4.79 Å². The number of carbonyl (C=O) groups is 1. The van der Waals surface area contributed by atoms with Gasteiger partial charge in [0.1, 0.15) is 0 Å². The quantitative estimate of drug-likeness (QED) is 0.881. The summed E-state index contributed by atoms with van der Waals surface area (Å²) in [6.45, 7) is 2.58. The van der Waals surface area contributed by atoms with Gasteiger partial charge in [0.15, 0.2) is 0 Å². The van der Waals surface area contributed by atoms with E-state index >= 15 is 0 Å². The van der Waals surface area contributed by atoms with E-state index in [1.165, 1.54) is 4.88 Å². The SMILES string of the molecule is O=C1C[C@H]2[C@H](CCN2Cc2cccs2)N1CCO. The van der Waals surface area contributed by atoms with E-state index in [-0.39, 0.29) is 12.5 Å². The predicted octanol–water partition coefficient (Wildman–Crippen LogP) is 0.916. The summed E-state index contributed by atoms with van der Waals surface area (Å²) >= 11 is 1.78. The van der Waals surface area contributed by atoms with Crippen molar-refractivity contribution in [2.45, 2.75) is 31.5 Å². The molecule has 0 saturated carbocycles. The number of amides is 1. The van der Waals surface area contributed by atoms with Crippen LogP contribution in [0.3, 0.4) is 0 Å². The summed E-state index contributed by atoms with van der Waals surface area (Å²) in [4.78, 5) is 17.6. The number of likely N-dealkylation sites (tertiary alicyclic amines) is 2. The molecule has 1 amide bonds. The lowest BCUT2D eigenvalue weighted by Crippen LogP contribution is -2.38. The molecule has 2 aliphatic rings. The monoisotopic (exact) mass is 266 g/mol. The number of hydrogen-bond acceptors (Lipinski definition) is 4. The zero-order chi connectivity index (χ0) is 12.5. The van der Waals surface area contributed by atoms with Crippen molar-refractivity contribution in [3.05, 3.63) is 22.4 Å². The van der Waals surface area contributed by atoms with Gasteiger partial charge in [-0.15, -0.1) is 11.3 Å². The number of aliphatic hydroxyl groups excluding tert-OH is 1. The Balaban J connectivity index is 1.69. The zero-order valence-corrected chi connectivity index (χ0v) is 11.1. The Bertz CT molecular complexity index is 421. The Morgan fingerprint density at radius 1 is 1.44 bits per heavy atom. The molecule has 4 nitrogen and oxygen atoms in total. The zero-order valence-electron chi connectivity index (χ0n) is 10.3. The number of aliphatic hydroxyl groups is 1. The molecule has 0 radical (unpaired) electrons. The third-order valence-corrected chi connectivity index (χ3v) is 4.87. The van der Waals surface area contributed by atoms with Gasteiger partial charge in [0.2, 0.25) is 5.91 Å². The molecule has 0 aliphatic carbocycles. The fourth-order valence-corrected chi connectivity index (χ4v) is 3.94. The first-order valence-electron chi connectivity index (χ1n) is 6.46. The predicted molar refractivity (Wildman–Crippen MR) is 70.3 cm³/mol. The largest absolute Gasteiger partial charge is 0.395 e. The fourth-order valence-electron chi connectivity index (χ4n) is 3.21. The molecule has 5 heteroatoms. The van der Waals surface area contributed by atoms with Gasteiger partial charge in [-0.2, -0.15) is 0 Å².